The van der Waals surface area contributed by atoms with Crippen LogP contribution in [0.2, 0.25) is 0 Å². The second-order valence-electron chi connectivity index (χ2n) is 15.1. The highest BCUT2D eigenvalue weighted by atomic mass is 32.2. The quantitative estimate of drug-likeness (QED) is 0.0404. The Kier molecular flexibility index (Phi) is 22.8. The largest absolute Gasteiger partial charge is 0.480 e. The van der Waals surface area contributed by atoms with Crippen molar-refractivity contribution in [3.63, 3.8) is 0 Å². The zero-order chi connectivity index (χ0) is 49.5. The first-order valence-corrected chi connectivity index (χ1v) is 21.1. The van der Waals surface area contributed by atoms with Crippen LogP contribution in [0, 0.1) is 0 Å². The van der Waals surface area contributed by atoms with Gasteiger partial charge in [-0.15, -0.1) is 0 Å². The number of nitrogens with two attached hydrogens (primary N) is 1. The molecule has 0 spiro atoms. The van der Waals surface area contributed by atoms with Crippen LogP contribution in [0.3, 0.4) is 0 Å². The summed E-state index contributed by atoms with van der Waals surface area (Å²) in [6, 6.07) is -10.4. The van der Waals surface area contributed by atoms with Crippen LogP contribution in [0.1, 0.15) is 47.5 Å². The summed E-state index contributed by atoms with van der Waals surface area (Å²) in [4.78, 5) is 111. The van der Waals surface area contributed by atoms with E-state index in [-0.39, 0.29) is 11.5 Å². The number of aliphatic hydroxyl groups excluding tert-OH is 5. The Balaban J connectivity index is 2.21. The Labute approximate surface area is 375 Å². The summed E-state index contributed by atoms with van der Waals surface area (Å²) in [5, 5.41) is 93.7. The molecule has 2 rings (SSSR count). The average Bonchev–Trinajstić information content (AvgIpc) is 3.22. The molecule has 2 fully saturated rings. The van der Waals surface area contributed by atoms with E-state index in [1.165, 1.54) is 6.92 Å². The number of aliphatic hydroxyl groups is 5. The van der Waals surface area contributed by atoms with Gasteiger partial charge in [-0.05, 0) is 27.2 Å². The Morgan fingerprint density at radius 3 is 1.78 bits per heavy atom. The fraction of sp³-hybridized carbons (Fsp3) is 0.750. The van der Waals surface area contributed by atoms with Crippen LogP contribution in [0.15, 0.2) is 0 Å². The lowest BCUT2D eigenvalue weighted by molar-refractivity contribution is -0.333. The standard InChI is InChI=1S/C36H59N7O21S/c1-12(29(51)43-18(34(58)59)6-7-22(48)42-19(11-65-10-17(37)33(56)57)31(53)39-13(2)32(54)55)38-30(52)14(3)61-28-24(41-16(5)47)35(60)62-21(9-45)27(28)64-36-23(40-15(4)46)26(50)25(49)20(8-44)63-36/h12-14,17-21,23-28,35-36,44-45,49-50,60H,6-11,37H2,1-5H3,(H,38,52)(H,39,53)(H,40,46)(H,41,47)(H,42,48)(H,43,51)(H,54,55)(H,56,57)(H,58,59). The van der Waals surface area contributed by atoms with Crippen molar-refractivity contribution in [2.75, 3.05) is 24.7 Å². The van der Waals surface area contributed by atoms with Gasteiger partial charge in [-0.1, -0.05) is 0 Å². The van der Waals surface area contributed by atoms with Crippen molar-refractivity contribution in [2.45, 2.75) is 145 Å². The Bertz CT molecular complexity index is 1700. The van der Waals surface area contributed by atoms with Crippen LogP contribution in [0.5, 0.6) is 0 Å². The van der Waals surface area contributed by atoms with Crippen molar-refractivity contribution in [2.24, 2.45) is 5.73 Å². The highest BCUT2D eigenvalue weighted by Crippen LogP contribution is 2.31. The molecule has 16 atom stereocenters. The van der Waals surface area contributed by atoms with E-state index in [4.69, 9.17) is 34.9 Å². The van der Waals surface area contributed by atoms with Gasteiger partial charge < -0.3 is 97.4 Å². The summed E-state index contributed by atoms with van der Waals surface area (Å²) in [6.45, 7) is 3.90. The number of carboxylic acids is 3. The van der Waals surface area contributed by atoms with Gasteiger partial charge in [0.05, 0.1) is 13.2 Å². The molecule has 6 amide bonds. The van der Waals surface area contributed by atoms with Gasteiger partial charge >= 0.3 is 17.9 Å². The molecule has 29 heteroatoms. The second kappa shape index (κ2) is 26.4. The number of thioether (sulfide) groups is 1. The maximum absolute atomic E-state index is 13.4. The van der Waals surface area contributed by atoms with E-state index in [0.29, 0.717) is 0 Å². The first-order valence-electron chi connectivity index (χ1n) is 20.0. The van der Waals surface area contributed by atoms with Gasteiger partial charge in [0.1, 0.15) is 85.0 Å². The summed E-state index contributed by atoms with van der Waals surface area (Å²) in [5.74, 6) is -10.2. The number of hydrogen-bond donors (Lipinski definition) is 15. The van der Waals surface area contributed by atoms with E-state index < -0.39 is 177 Å². The SMILES string of the molecule is CC(=O)NC1C(OC2C(CO)OC(O)C(NC(C)=O)C2OC(C)C(=O)NC(C)C(=O)NC(CCC(=O)NC(CSCC(N)C(=O)O)C(=O)NC(C)C(=O)O)C(=O)O)OC(CO)C(O)C1O. The van der Waals surface area contributed by atoms with Gasteiger partial charge in [-0.25, -0.2) is 4.79 Å². The smallest absolute Gasteiger partial charge is 0.326 e. The maximum atomic E-state index is 13.4. The summed E-state index contributed by atoms with van der Waals surface area (Å²) >= 11 is 0.860. The predicted molar refractivity (Wildman–Crippen MR) is 217 cm³/mol. The number of aliphatic carboxylic acids is 3. The molecule has 0 aromatic carbocycles. The number of carbonyl (C=O) groups is 9. The number of amides is 6. The summed E-state index contributed by atoms with van der Waals surface area (Å²) < 4.78 is 23.1. The molecule has 2 aliphatic rings. The molecule has 0 bridgehead atoms. The number of nitrogens with one attached hydrogen (secondary N) is 6. The first-order chi connectivity index (χ1) is 30.3. The fourth-order valence-corrected chi connectivity index (χ4v) is 7.26. The molecule has 2 heterocycles. The van der Waals surface area contributed by atoms with Crippen LogP contribution in [-0.2, 0) is 62.1 Å². The molecule has 0 saturated carbocycles. The lowest BCUT2D eigenvalue weighted by atomic mass is 9.94. The van der Waals surface area contributed by atoms with Crippen molar-refractivity contribution in [1.82, 2.24) is 31.9 Å². The molecule has 28 nitrogen and oxygen atoms in total. The lowest BCUT2D eigenvalue weighted by Crippen LogP contribution is -2.70. The van der Waals surface area contributed by atoms with Gasteiger partial charge in [0, 0.05) is 31.8 Å². The molecule has 16 N–H and O–H groups in total. The molecule has 2 saturated heterocycles. The molecule has 370 valence electrons. The van der Waals surface area contributed by atoms with Gasteiger partial charge in [-0.3, -0.25) is 38.4 Å². The molecule has 2 aliphatic heterocycles. The van der Waals surface area contributed by atoms with Crippen molar-refractivity contribution < 1.29 is 103 Å². The highest BCUT2D eigenvalue weighted by Gasteiger charge is 2.53. The fourth-order valence-electron chi connectivity index (χ4n) is 6.26. The van der Waals surface area contributed by atoms with Crippen molar-refractivity contribution in [3.8, 4) is 0 Å². The van der Waals surface area contributed by atoms with Gasteiger partial charge in [0.25, 0.3) is 0 Å². The predicted octanol–water partition coefficient (Wildman–Crippen LogP) is -7.62. The Morgan fingerprint density at radius 2 is 1.25 bits per heavy atom. The topological polar surface area (TPSA) is 451 Å². The Morgan fingerprint density at radius 1 is 0.662 bits per heavy atom. The normalized spacial score (nSPS) is 28.1. The number of rotatable bonds is 25. The summed E-state index contributed by atoms with van der Waals surface area (Å²) in [6.07, 6.45) is -16.2. The number of hydrogen-bond acceptors (Lipinski definition) is 20. The number of carbonyl (C=O) groups excluding carboxylic acids is 6. The monoisotopic (exact) mass is 957 g/mol. The molecule has 0 aliphatic carbocycles. The molecule has 16 unspecified atom stereocenters. The summed E-state index contributed by atoms with van der Waals surface area (Å²) in [7, 11) is 0. The third kappa shape index (κ3) is 17.2. The van der Waals surface area contributed by atoms with Crippen LogP contribution in [0.4, 0.5) is 0 Å². The van der Waals surface area contributed by atoms with E-state index in [9.17, 15) is 73.8 Å². The third-order valence-corrected chi connectivity index (χ3v) is 11.0. The second-order valence-corrected chi connectivity index (χ2v) is 16.2. The van der Waals surface area contributed by atoms with E-state index in [1.54, 1.807) is 0 Å². The zero-order valence-electron chi connectivity index (χ0n) is 35.9. The van der Waals surface area contributed by atoms with Crippen LogP contribution >= 0.6 is 11.8 Å². The maximum Gasteiger partial charge on any atom is 0.326 e. The average molecular weight is 958 g/mol. The van der Waals surface area contributed by atoms with E-state index >= 15 is 0 Å². The third-order valence-electron chi connectivity index (χ3n) is 9.79. The minimum Gasteiger partial charge on any atom is -0.480 e. The highest BCUT2D eigenvalue weighted by molar-refractivity contribution is 7.99. The molecule has 0 aromatic rings. The molecular formula is C36H59N7O21S. The number of carboxylic acid groups (broad SMARTS) is 3. The van der Waals surface area contributed by atoms with Crippen molar-refractivity contribution >= 4 is 65.1 Å². The minimum atomic E-state index is -1.91. The Hall–Kier alpha value is -4.82. The van der Waals surface area contributed by atoms with Crippen molar-refractivity contribution in [1.29, 1.82) is 0 Å². The van der Waals surface area contributed by atoms with Gasteiger partial charge in [0.15, 0.2) is 12.6 Å². The van der Waals surface area contributed by atoms with Gasteiger partial charge in [0.2, 0.25) is 35.4 Å². The zero-order valence-corrected chi connectivity index (χ0v) is 36.7. The lowest BCUT2D eigenvalue weighted by Gasteiger charge is -2.48. The van der Waals surface area contributed by atoms with Crippen LogP contribution < -0.4 is 37.6 Å². The summed E-state index contributed by atoms with van der Waals surface area (Å²) in [5.41, 5.74) is 5.47. The molecule has 0 radical (unpaired) electrons. The van der Waals surface area contributed by atoms with E-state index in [1.807, 2.05) is 0 Å². The van der Waals surface area contributed by atoms with E-state index in [2.05, 4.69) is 31.9 Å². The van der Waals surface area contributed by atoms with Crippen LogP contribution in [-0.4, -0.2) is 217 Å². The molecule has 65 heavy (non-hydrogen) atoms. The first kappa shape index (κ1) is 56.3. The minimum absolute atomic E-state index is 0.187. The molecular weight excluding hydrogens is 898 g/mol. The van der Waals surface area contributed by atoms with Crippen molar-refractivity contribution in [3.05, 3.63) is 0 Å². The van der Waals surface area contributed by atoms with E-state index in [0.717, 1.165) is 39.5 Å². The van der Waals surface area contributed by atoms with Gasteiger partial charge in [-0.2, -0.15) is 11.8 Å². The van der Waals surface area contributed by atoms with Crippen LogP contribution in [0.25, 0.3) is 0 Å². The molecule has 0 aromatic heterocycles. The number of ether oxygens (including phenoxy) is 4.